The summed E-state index contributed by atoms with van der Waals surface area (Å²) in [5.74, 6) is 0. The van der Waals surface area contributed by atoms with Crippen LogP contribution in [0.5, 0.6) is 0 Å². The number of benzene rings is 1. The molecule has 1 atom stereocenters. The minimum absolute atomic E-state index is 0.227. The summed E-state index contributed by atoms with van der Waals surface area (Å²) in [5.41, 5.74) is 0.227. The predicted octanol–water partition coefficient (Wildman–Crippen LogP) is 0.687. The molecular formula is C9H6N2O4S. The zero-order valence-corrected chi connectivity index (χ0v) is 8.72. The van der Waals surface area contributed by atoms with Gasteiger partial charge in [0.2, 0.25) is 11.5 Å². The fourth-order valence-electron chi connectivity index (χ4n) is 1.08. The molecule has 0 amide bonds. The number of rotatable bonds is 4. The molecule has 16 heavy (non-hydrogen) atoms. The standard InChI is InChI=1S/C9H6N2O4S/c12-6-10-9(16(14,15)11-7-13)8-4-2-1-3-5-8/h1-5,9H. The van der Waals surface area contributed by atoms with Crippen molar-refractivity contribution in [2.45, 2.75) is 5.37 Å². The first kappa shape index (κ1) is 12.0. The number of sulfonamides is 1. The molecule has 0 aliphatic heterocycles. The molecule has 0 N–H and O–H groups in total. The highest BCUT2D eigenvalue weighted by Crippen LogP contribution is 2.24. The fraction of sp³-hybridized carbons (Fsp3) is 0.111. The first-order valence-corrected chi connectivity index (χ1v) is 5.57. The van der Waals surface area contributed by atoms with E-state index in [4.69, 9.17) is 0 Å². The van der Waals surface area contributed by atoms with Gasteiger partial charge in [0.15, 0.2) is 0 Å². The van der Waals surface area contributed by atoms with Gasteiger partial charge in [-0.25, -0.2) is 18.0 Å². The second kappa shape index (κ2) is 5.14. The van der Waals surface area contributed by atoms with E-state index in [1.54, 1.807) is 18.2 Å². The maximum absolute atomic E-state index is 11.4. The first-order chi connectivity index (χ1) is 7.61. The summed E-state index contributed by atoms with van der Waals surface area (Å²) in [6, 6.07) is 7.71. The van der Waals surface area contributed by atoms with Crippen LogP contribution in [0.4, 0.5) is 0 Å². The first-order valence-electron chi connectivity index (χ1n) is 4.06. The van der Waals surface area contributed by atoms with Crippen molar-refractivity contribution in [3.8, 4) is 0 Å². The minimum Gasteiger partial charge on any atom is -0.211 e. The van der Waals surface area contributed by atoms with E-state index in [0.717, 1.165) is 12.2 Å². The molecule has 82 valence electrons. The summed E-state index contributed by atoms with van der Waals surface area (Å²) in [5, 5.41) is -1.55. The van der Waals surface area contributed by atoms with Crippen LogP contribution in [0.3, 0.4) is 0 Å². The second-order valence-electron chi connectivity index (χ2n) is 2.68. The Balaban J connectivity index is 3.32. The van der Waals surface area contributed by atoms with Crippen LogP contribution in [0.1, 0.15) is 10.9 Å². The van der Waals surface area contributed by atoms with Crippen LogP contribution in [0.25, 0.3) is 0 Å². The average Bonchev–Trinajstić information content (AvgIpc) is 2.27. The molecule has 0 aliphatic rings. The van der Waals surface area contributed by atoms with Gasteiger partial charge in [0.25, 0.3) is 16.1 Å². The quantitative estimate of drug-likeness (QED) is 0.569. The van der Waals surface area contributed by atoms with Gasteiger partial charge in [-0.05, 0) is 5.56 Å². The molecule has 0 saturated carbocycles. The van der Waals surface area contributed by atoms with E-state index in [1.807, 2.05) is 0 Å². The number of isocyanates is 2. The van der Waals surface area contributed by atoms with Crippen LogP contribution in [-0.2, 0) is 19.6 Å². The Morgan fingerprint density at radius 3 is 2.19 bits per heavy atom. The monoisotopic (exact) mass is 238 g/mol. The topological polar surface area (TPSA) is 93.0 Å². The van der Waals surface area contributed by atoms with Crippen molar-refractivity contribution < 1.29 is 18.0 Å². The maximum atomic E-state index is 11.4. The SMILES string of the molecule is O=C=NC(c1ccccc1)S(=O)(=O)N=C=O. The molecule has 0 spiro atoms. The lowest BCUT2D eigenvalue weighted by molar-refractivity contribution is 0.555. The van der Waals surface area contributed by atoms with Crippen molar-refractivity contribution in [1.82, 2.24) is 0 Å². The van der Waals surface area contributed by atoms with Crippen LogP contribution in [0.15, 0.2) is 39.7 Å². The highest BCUT2D eigenvalue weighted by Gasteiger charge is 2.26. The van der Waals surface area contributed by atoms with Crippen molar-refractivity contribution >= 4 is 22.2 Å². The van der Waals surface area contributed by atoms with E-state index in [1.165, 1.54) is 12.1 Å². The van der Waals surface area contributed by atoms with Gasteiger partial charge in [-0.1, -0.05) is 34.7 Å². The van der Waals surface area contributed by atoms with Crippen LogP contribution in [0.2, 0.25) is 0 Å². The third kappa shape index (κ3) is 2.71. The summed E-state index contributed by atoms with van der Waals surface area (Å²) in [6.45, 7) is 0. The highest BCUT2D eigenvalue weighted by atomic mass is 32.2. The molecule has 1 aromatic rings. The largest absolute Gasteiger partial charge is 0.291 e. The third-order valence-electron chi connectivity index (χ3n) is 1.70. The summed E-state index contributed by atoms with van der Waals surface area (Å²) in [6.07, 6.45) is 2.05. The zero-order valence-electron chi connectivity index (χ0n) is 7.90. The van der Waals surface area contributed by atoms with Gasteiger partial charge in [0.1, 0.15) is 0 Å². The Morgan fingerprint density at radius 1 is 1.06 bits per heavy atom. The molecule has 1 aromatic carbocycles. The van der Waals surface area contributed by atoms with E-state index in [2.05, 4.69) is 9.39 Å². The van der Waals surface area contributed by atoms with Gasteiger partial charge in [-0.2, -0.15) is 4.99 Å². The van der Waals surface area contributed by atoms with Crippen molar-refractivity contribution in [3.05, 3.63) is 35.9 Å². The van der Waals surface area contributed by atoms with Crippen molar-refractivity contribution in [2.75, 3.05) is 0 Å². The van der Waals surface area contributed by atoms with Crippen LogP contribution >= 0.6 is 0 Å². The number of nitrogens with zero attached hydrogens (tertiary/aromatic N) is 2. The lowest BCUT2D eigenvalue weighted by Crippen LogP contribution is -2.08. The Kier molecular flexibility index (Phi) is 3.85. The predicted molar refractivity (Wildman–Crippen MR) is 54.3 cm³/mol. The van der Waals surface area contributed by atoms with Gasteiger partial charge in [0, 0.05) is 0 Å². The van der Waals surface area contributed by atoms with Crippen LogP contribution in [0, 0.1) is 0 Å². The van der Waals surface area contributed by atoms with E-state index < -0.39 is 15.4 Å². The smallest absolute Gasteiger partial charge is 0.211 e. The van der Waals surface area contributed by atoms with E-state index in [-0.39, 0.29) is 5.56 Å². The molecule has 0 bridgehead atoms. The number of hydrogen-bond acceptors (Lipinski definition) is 5. The molecule has 0 aromatic heterocycles. The Bertz CT molecular complexity index is 554. The van der Waals surface area contributed by atoms with Gasteiger partial charge >= 0.3 is 0 Å². The van der Waals surface area contributed by atoms with Crippen LogP contribution < -0.4 is 0 Å². The molecule has 0 aliphatic carbocycles. The Morgan fingerprint density at radius 2 is 1.69 bits per heavy atom. The molecule has 0 fully saturated rings. The van der Waals surface area contributed by atoms with E-state index in [9.17, 15) is 18.0 Å². The van der Waals surface area contributed by atoms with Crippen molar-refractivity contribution in [3.63, 3.8) is 0 Å². The molecule has 1 unspecified atom stereocenters. The highest BCUT2D eigenvalue weighted by molar-refractivity contribution is 7.90. The number of hydrogen-bond donors (Lipinski definition) is 0. The molecule has 0 radical (unpaired) electrons. The summed E-state index contributed by atoms with van der Waals surface area (Å²) < 4.78 is 25.5. The molecule has 6 nitrogen and oxygen atoms in total. The third-order valence-corrected chi connectivity index (χ3v) is 2.97. The van der Waals surface area contributed by atoms with Crippen molar-refractivity contribution in [1.29, 1.82) is 0 Å². The van der Waals surface area contributed by atoms with Crippen LogP contribution in [-0.4, -0.2) is 20.6 Å². The van der Waals surface area contributed by atoms with Gasteiger partial charge in [-0.3, -0.25) is 0 Å². The normalized spacial score (nSPS) is 12.0. The van der Waals surface area contributed by atoms with Gasteiger partial charge in [0.05, 0.1) is 0 Å². The molecular weight excluding hydrogens is 232 g/mol. The molecule has 0 saturated heterocycles. The Labute approximate surface area is 91.4 Å². The average molecular weight is 238 g/mol. The number of aliphatic imine (C=N–C) groups is 1. The van der Waals surface area contributed by atoms with Gasteiger partial charge in [-0.15, -0.1) is 0 Å². The zero-order chi connectivity index (χ0) is 12.0. The van der Waals surface area contributed by atoms with Crippen molar-refractivity contribution in [2.24, 2.45) is 9.39 Å². The summed E-state index contributed by atoms with van der Waals surface area (Å²) >= 11 is 0. The fourth-order valence-corrected chi connectivity index (χ4v) is 1.96. The summed E-state index contributed by atoms with van der Waals surface area (Å²) in [4.78, 5) is 23.2. The van der Waals surface area contributed by atoms with E-state index in [0.29, 0.717) is 0 Å². The molecule has 1 rings (SSSR count). The maximum Gasteiger partial charge on any atom is 0.291 e. The Hall–Kier alpha value is -2.07. The second-order valence-corrected chi connectivity index (χ2v) is 4.34. The lowest BCUT2D eigenvalue weighted by atomic mass is 10.2. The number of carbonyl (C=O) groups excluding carboxylic acids is 2. The summed E-state index contributed by atoms with van der Waals surface area (Å²) in [7, 11) is -4.22. The van der Waals surface area contributed by atoms with Gasteiger partial charge < -0.3 is 0 Å². The van der Waals surface area contributed by atoms with E-state index >= 15 is 0 Å². The molecule has 0 heterocycles. The molecule has 7 heteroatoms. The lowest BCUT2D eigenvalue weighted by Gasteiger charge is -2.06. The minimum atomic E-state index is -4.22.